The van der Waals surface area contributed by atoms with E-state index in [9.17, 15) is 9.59 Å². The van der Waals surface area contributed by atoms with Gasteiger partial charge in [0.05, 0.1) is 7.11 Å². The third-order valence-corrected chi connectivity index (χ3v) is 6.29. The molecule has 1 aromatic carbocycles. The number of fused-ring (bicyclic) bond motifs is 1. The van der Waals surface area contributed by atoms with Gasteiger partial charge in [0, 0.05) is 31.4 Å². The SMILES string of the molecule is COc1ccc(CN2CN(Cl)c3c2c(=O)n(CC2CC2)c(=O)n3CC2CC2)cc1. The number of nitrogens with zero attached hydrogens (tertiary/aromatic N) is 4. The lowest BCUT2D eigenvalue weighted by atomic mass is 10.2. The summed E-state index contributed by atoms with van der Waals surface area (Å²) in [6, 6.07) is 7.78. The fourth-order valence-corrected chi connectivity index (χ4v) is 4.31. The van der Waals surface area contributed by atoms with Crippen molar-refractivity contribution in [2.45, 2.75) is 45.3 Å². The Hall–Kier alpha value is -2.41. The molecule has 8 heteroatoms. The first-order chi connectivity index (χ1) is 14.0. The average molecular weight is 417 g/mol. The molecule has 2 aliphatic carbocycles. The summed E-state index contributed by atoms with van der Waals surface area (Å²) in [5, 5.41) is 0. The smallest absolute Gasteiger partial charge is 0.332 e. The molecular weight excluding hydrogens is 392 g/mol. The molecule has 0 N–H and O–H groups in total. The van der Waals surface area contributed by atoms with Gasteiger partial charge in [-0.05, 0) is 55.2 Å². The van der Waals surface area contributed by atoms with Crippen LogP contribution in [0.25, 0.3) is 0 Å². The van der Waals surface area contributed by atoms with Gasteiger partial charge in [0.2, 0.25) is 0 Å². The summed E-state index contributed by atoms with van der Waals surface area (Å²) in [6.07, 6.45) is 4.42. The molecular formula is C21H25ClN4O3. The average Bonchev–Trinajstić information content (AvgIpc) is 3.63. The van der Waals surface area contributed by atoms with Gasteiger partial charge in [0.15, 0.2) is 5.82 Å². The van der Waals surface area contributed by atoms with Gasteiger partial charge in [-0.2, -0.15) is 0 Å². The Morgan fingerprint density at radius 3 is 2.21 bits per heavy atom. The molecule has 0 bridgehead atoms. The summed E-state index contributed by atoms with van der Waals surface area (Å²) in [6.45, 7) is 2.05. The van der Waals surface area contributed by atoms with Gasteiger partial charge in [0.1, 0.15) is 18.1 Å². The Kier molecular flexibility index (Phi) is 4.57. The lowest BCUT2D eigenvalue weighted by molar-refractivity contribution is 0.414. The number of hydrogen-bond donors (Lipinski definition) is 0. The van der Waals surface area contributed by atoms with E-state index >= 15 is 0 Å². The van der Waals surface area contributed by atoms with E-state index < -0.39 is 0 Å². The van der Waals surface area contributed by atoms with Crippen molar-refractivity contribution in [3.63, 3.8) is 0 Å². The second kappa shape index (κ2) is 7.13. The number of rotatable bonds is 7. The summed E-state index contributed by atoms with van der Waals surface area (Å²) < 4.78 is 9.92. The van der Waals surface area contributed by atoms with Crippen molar-refractivity contribution in [3.8, 4) is 5.75 Å². The lowest BCUT2D eigenvalue weighted by Gasteiger charge is -2.19. The monoisotopic (exact) mass is 416 g/mol. The summed E-state index contributed by atoms with van der Waals surface area (Å²) in [5.74, 6) is 2.29. The van der Waals surface area contributed by atoms with Crippen LogP contribution in [0, 0.1) is 11.8 Å². The van der Waals surface area contributed by atoms with Gasteiger partial charge in [0.25, 0.3) is 5.56 Å². The summed E-state index contributed by atoms with van der Waals surface area (Å²) >= 11 is 6.54. The number of ether oxygens (including phenoxy) is 1. The van der Waals surface area contributed by atoms with Crippen LogP contribution in [0.3, 0.4) is 0 Å². The minimum atomic E-state index is -0.222. The Labute approximate surface area is 174 Å². The van der Waals surface area contributed by atoms with Crippen molar-refractivity contribution < 1.29 is 4.74 Å². The fraction of sp³-hybridized carbons (Fsp3) is 0.524. The number of anilines is 2. The normalized spacial score (nSPS) is 18.3. The second-order valence-electron chi connectivity index (χ2n) is 8.42. The van der Waals surface area contributed by atoms with E-state index in [0.29, 0.717) is 49.6 Å². The van der Waals surface area contributed by atoms with Crippen LogP contribution in [0.15, 0.2) is 33.9 Å². The molecule has 2 heterocycles. The van der Waals surface area contributed by atoms with Crippen molar-refractivity contribution in [1.82, 2.24) is 9.13 Å². The number of methoxy groups -OCH3 is 1. The first-order valence-electron chi connectivity index (χ1n) is 10.2. The van der Waals surface area contributed by atoms with Crippen LogP contribution in [-0.4, -0.2) is 22.9 Å². The van der Waals surface area contributed by atoms with Crippen molar-refractivity contribution in [2.24, 2.45) is 11.8 Å². The molecule has 0 amide bonds. The van der Waals surface area contributed by atoms with Crippen molar-refractivity contribution in [2.75, 3.05) is 23.1 Å². The number of halogens is 1. The molecule has 0 saturated heterocycles. The molecule has 2 fully saturated rings. The van der Waals surface area contributed by atoms with Crippen molar-refractivity contribution in [1.29, 1.82) is 0 Å². The third kappa shape index (κ3) is 3.52. The quantitative estimate of drug-likeness (QED) is 0.649. The zero-order valence-corrected chi connectivity index (χ0v) is 17.3. The van der Waals surface area contributed by atoms with Crippen LogP contribution < -0.4 is 25.3 Å². The molecule has 0 unspecified atom stereocenters. The minimum Gasteiger partial charge on any atom is -0.497 e. The van der Waals surface area contributed by atoms with Crippen molar-refractivity contribution in [3.05, 3.63) is 50.7 Å². The molecule has 2 saturated carbocycles. The van der Waals surface area contributed by atoms with E-state index in [0.717, 1.165) is 37.0 Å². The Balaban J connectivity index is 1.56. The first kappa shape index (κ1) is 18.6. The highest BCUT2D eigenvalue weighted by Crippen LogP contribution is 2.38. The maximum Gasteiger partial charge on any atom is 0.332 e. The second-order valence-corrected chi connectivity index (χ2v) is 8.83. The van der Waals surface area contributed by atoms with Gasteiger partial charge in [-0.1, -0.05) is 12.1 Å². The van der Waals surface area contributed by atoms with Gasteiger partial charge in [-0.15, -0.1) is 0 Å². The number of hydrogen-bond acceptors (Lipinski definition) is 5. The lowest BCUT2D eigenvalue weighted by Crippen LogP contribution is -2.42. The number of benzene rings is 1. The Bertz CT molecular complexity index is 1040. The predicted molar refractivity (Wildman–Crippen MR) is 113 cm³/mol. The van der Waals surface area contributed by atoms with Crippen LogP contribution >= 0.6 is 11.8 Å². The third-order valence-electron chi connectivity index (χ3n) is 6.03. The van der Waals surface area contributed by atoms with Crippen LogP contribution in [0.4, 0.5) is 11.5 Å². The highest BCUT2D eigenvalue weighted by molar-refractivity contribution is 6.27. The maximum atomic E-state index is 13.3. The topological polar surface area (TPSA) is 59.7 Å². The largest absolute Gasteiger partial charge is 0.497 e. The maximum absolute atomic E-state index is 13.3. The van der Waals surface area contributed by atoms with Crippen LogP contribution in [0.5, 0.6) is 5.75 Å². The van der Waals surface area contributed by atoms with Gasteiger partial charge in [-0.25, -0.2) is 9.21 Å². The molecule has 2 aromatic rings. The van der Waals surface area contributed by atoms with Gasteiger partial charge >= 0.3 is 5.69 Å². The fourth-order valence-electron chi connectivity index (χ4n) is 4.01. The van der Waals surface area contributed by atoms with E-state index in [1.54, 1.807) is 11.7 Å². The molecule has 1 aromatic heterocycles. The molecule has 5 rings (SSSR count). The molecule has 3 aliphatic rings. The first-order valence-corrected chi connectivity index (χ1v) is 10.6. The van der Waals surface area contributed by atoms with Crippen LogP contribution in [0.2, 0.25) is 0 Å². The molecule has 29 heavy (non-hydrogen) atoms. The standard InChI is InChI=1S/C21H25ClN4O3/c1-29-17-8-6-14(7-9-17)10-23-13-26(22)19-18(23)20(27)25(12-16-4-5-16)21(28)24(19)11-15-2-3-15/h6-9,15-16H,2-5,10-13H2,1H3. The zero-order chi connectivity index (χ0) is 20.1. The highest BCUT2D eigenvalue weighted by Gasteiger charge is 2.36. The molecule has 0 atom stereocenters. The Morgan fingerprint density at radius 2 is 1.62 bits per heavy atom. The van der Waals surface area contributed by atoms with E-state index in [-0.39, 0.29) is 11.2 Å². The minimum absolute atomic E-state index is 0.218. The predicted octanol–water partition coefficient (Wildman–Crippen LogP) is 2.78. The summed E-state index contributed by atoms with van der Waals surface area (Å²) in [7, 11) is 1.64. The van der Waals surface area contributed by atoms with E-state index in [1.807, 2.05) is 29.2 Å². The molecule has 7 nitrogen and oxygen atoms in total. The van der Waals surface area contributed by atoms with Crippen molar-refractivity contribution >= 4 is 23.3 Å². The van der Waals surface area contributed by atoms with Gasteiger partial charge < -0.3 is 9.64 Å². The van der Waals surface area contributed by atoms with Crippen LogP contribution in [-0.2, 0) is 19.6 Å². The van der Waals surface area contributed by atoms with E-state index in [2.05, 4.69) is 0 Å². The molecule has 1 aliphatic heterocycles. The molecule has 0 spiro atoms. The van der Waals surface area contributed by atoms with E-state index in [1.165, 1.54) is 8.99 Å². The molecule has 0 radical (unpaired) electrons. The summed E-state index contributed by atoms with van der Waals surface area (Å²) in [4.78, 5) is 28.5. The Morgan fingerprint density at radius 1 is 1.00 bits per heavy atom. The van der Waals surface area contributed by atoms with E-state index in [4.69, 9.17) is 16.5 Å². The molecule has 154 valence electrons. The highest BCUT2D eigenvalue weighted by atomic mass is 35.5. The van der Waals surface area contributed by atoms with Crippen LogP contribution in [0.1, 0.15) is 31.2 Å². The number of aromatic nitrogens is 2. The van der Waals surface area contributed by atoms with Gasteiger partial charge in [-0.3, -0.25) is 13.9 Å². The summed E-state index contributed by atoms with van der Waals surface area (Å²) in [5.41, 5.74) is 1.15. The zero-order valence-electron chi connectivity index (χ0n) is 16.5.